The Kier molecular flexibility index (Phi) is 3.36. The minimum Gasteiger partial charge on any atom is -0.478 e. The molecule has 5 rings (SSSR count). The normalized spacial score (nSPS) is 32.0. The number of carboxylic acids is 1. The standard InChI is InChI=1S/C21H20ClNO2/c22-14-8-6-11(7-9-14)19-18-13-5-4-12(10-13)17(18)15-2-1-3-16(21(24)25)20(15)23-19/h1-3,6-9,12-13,17-19,23H,4-5,10H2,(H,24,25)/t12-,13-,17-,18+,19+/m0/s1. The molecule has 0 amide bonds. The van der Waals surface area contributed by atoms with Crippen LogP contribution in [-0.4, -0.2) is 11.1 Å². The van der Waals surface area contributed by atoms with Crippen LogP contribution in [0.3, 0.4) is 0 Å². The van der Waals surface area contributed by atoms with Crippen LogP contribution in [0, 0.1) is 17.8 Å². The van der Waals surface area contributed by atoms with Gasteiger partial charge in [-0.05, 0) is 72.3 Å². The van der Waals surface area contributed by atoms with Crippen LogP contribution in [0.4, 0.5) is 5.69 Å². The number of hydrogen-bond donors (Lipinski definition) is 2. The summed E-state index contributed by atoms with van der Waals surface area (Å²) in [6, 6.07) is 13.9. The fourth-order valence-electron chi connectivity index (χ4n) is 5.69. The Morgan fingerprint density at radius 3 is 2.60 bits per heavy atom. The maximum Gasteiger partial charge on any atom is 0.337 e. The topological polar surface area (TPSA) is 49.3 Å². The summed E-state index contributed by atoms with van der Waals surface area (Å²) in [6.45, 7) is 0. The number of aromatic carboxylic acids is 1. The SMILES string of the molecule is O=C(O)c1cccc2c1N[C@H](c1ccc(Cl)cc1)[C@@H]1[C@H]3CC[C@@H](C3)[C@@H]21. The highest BCUT2D eigenvalue weighted by Gasteiger charge is 2.54. The molecule has 0 unspecified atom stereocenters. The lowest BCUT2D eigenvalue weighted by atomic mass is 9.67. The van der Waals surface area contributed by atoms with Crippen molar-refractivity contribution in [3.63, 3.8) is 0 Å². The van der Waals surface area contributed by atoms with E-state index in [1.807, 2.05) is 18.2 Å². The summed E-state index contributed by atoms with van der Waals surface area (Å²) in [6.07, 6.45) is 3.85. The highest BCUT2D eigenvalue weighted by molar-refractivity contribution is 6.30. The molecule has 2 saturated carbocycles. The van der Waals surface area contributed by atoms with Crippen molar-refractivity contribution in [3.05, 3.63) is 64.2 Å². The zero-order valence-electron chi connectivity index (χ0n) is 13.8. The maximum atomic E-state index is 11.8. The van der Waals surface area contributed by atoms with Crippen LogP contribution in [0.25, 0.3) is 0 Å². The summed E-state index contributed by atoms with van der Waals surface area (Å²) in [5.41, 5.74) is 3.63. The third-order valence-electron chi connectivity index (χ3n) is 6.58. The monoisotopic (exact) mass is 353 g/mol. The molecule has 5 atom stereocenters. The van der Waals surface area contributed by atoms with E-state index in [1.54, 1.807) is 6.07 Å². The molecule has 2 bridgehead atoms. The van der Waals surface area contributed by atoms with Gasteiger partial charge in [-0.1, -0.05) is 35.9 Å². The molecule has 0 radical (unpaired) electrons. The van der Waals surface area contributed by atoms with Crippen molar-refractivity contribution in [2.75, 3.05) is 5.32 Å². The van der Waals surface area contributed by atoms with Gasteiger partial charge in [0.05, 0.1) is 17.3 Å². The lowest BCUT2D eigenvalue weighted by molar-refractivity contribution is 0.0697. The fraction of sp³-hybridized carbons (Fsp3) is 0.381. The molecule has 1 heterocycles. The van der Waals surface area contributed by atoms with Gasteiger partial charge in [0.15, 0.2) is 0 Å². The molecule has 2 N–H and O–H groups in total. The first-order valence-electron chi connectivity index (χ1n) is 9.01. The van der Waals surface area contributed by atoms with Crippen molar-refractivity contribution in [2.45, 2.75) is 31.2 Å². The third-order valence-corrected chi connectivity index (χ3v) is 6.83. The van der Waals surface area contributed by atoms with Crippen LogP contribution in [0.2, 0.25) is 5.02 Å². The molecule has 3 aliphatic rings. The maximum absolute atomic E-state index is 11.8. The third kappa shape index (κ3) is 2.22. The van der Waals surface area contributed by atoms with Crippen LogP contribution >= 0.6 is 11.6 Å². The van der Waals surface area contributed by atoms with Crippen LogP contribution < -0.4 is 5.32 Å². The molecule has 2 aliphatic carbocycles. The van der Waals surface area contributed by atoms with Crippen LogP contribution in [0.15, 0.2) is 42.5 Å². The number of anilines is 1. The van der Waals surface area contributed by atoms with E-state index in [1.165, 1.54) is 30.4 Å². The van der Waals surface area contributed by atoms with Gasteiger partial charge >= 0.3 is 5.97 Å². The van der Waals surface area contributed by atoms with Gasteiger partial charge in [-0.15, -0.1) is 0 Å². The number of hydrogen-bond acceptors (Lipinski definition) is 2. The first-order valence-corrected chi connectivity index (χ1v) is 9.39. The van der Waals surface area contributed by atoms with Crippen LogP contribution in [0.5, 0.6) is 0 Å². The Balaban J connectivity index is 1.67. The fourth-order valence-corrected chi connectivity index (χ4v) is 5.82. The number of carbonyl (C=O) groups is 1. The first kappa shape index (κ1) is 15.3. The number of fused-ring (bicyclic) bond motifs is 7. The van der Waals surface area contributed by atoms with Crippen LogP contribution in [-0.2, 0) is 0 Å². The molecule has 2 aromatic carbocycles. The second-order valence-corrected chi connectivity index (χ2v) is 8.12. The Morgan fingerprint density at radius 2 is 1.84 bits per heavy atom. The average Bonchev–Trinajstić information content (AvgIpc) is 3.23. The van der Waals surface area contributed by atoms with E-state index in [0.717, 1.165) is 16.6 Å². The highest BCUT2D eigenvalue weighted by Crippen LogP contribution is 2.63. The summed E-state index contributed by atoms with van der Waals surface area (Å²) in [4.78, 5) is 11.8. The molecular weight excluding hydrogens is 334 g/mol. The van der Waals surface area contributed by atoms with Gasteiger partial charge in [-0.25, -0.2) is 4.79 Å². The van der Waals surface area contributed by atoms with Crippen molar-refractivity contribution in [2.24, 2.45) is 17.8 Å². The number of halogens is 1. The predicted molar refractivity (Wildman–Crippen MR) is 98.3 cm³/mol. The van der Waals surface area contributed by atoms with Gasteiger partial charge in [0.1, 0.15) is 0 Å². The van der Waals surface area contributed by atoms with E-state index < -0.39 is 5.97 Å². The lowest BCUT2D eigenvalue weighted by Gasteiger charge is -2.44. The molecule has 4 heteroatoms. The van der Waals surface area contributed by atoms with E-state index >= 15 is 0 Å². The highest BCUT2D eigenvalue weighted by atomic mass is 35.5. The molecule has 2 fully saturated rings. The molecule has 0 spiro atoms. The molecule has 128 valence electrons. The lowest BCUT2D eigenvalue weighted by Crippen LogP contribution is -2.36. The van der Waals surface area contributed by atoms with Gasteiger partial charge in [-0.3, -0.25) is 0 Å². The Hall–Kier alpha value is -2.00. The van der Waals surface area contributed by atoms with E-state index in [-0.39, 0.29) is 6.04 Å². The van der Waals surface area contributed by atoms with Crippen molar-refractivity contribution in [1.82, 2.24) is 0 Å². The van der Waals surface area contributed by atoms with Crippen molar-refractivity contribution < 1.29 is 9.90 Å². The minimum atomic E-state index is -0.860. The molecule has 0 aromatic heterocycles. The predicted octanol–water partition coefficient (Wildman–Crippen LogP) is 5.33. The van der Waals surface area contributed by atoms with Gasteiger partial charge in [-0.2, -0.15) is 0 Å². The summed E-state index contributed by atoms with van der Waals surface area (Å²) >= 11 is 6.07. The second-order valence-electron chi connectivity index (χ2n) is 7.68. The van der Waals surface area contributed by atoms with Crippen molar-refractivity contribution in [1.29, 1.82) is 0 Å². The zero-order valence-corrected chi connectivity index (χ0v) is 14.5. The van der Waals surface area contributed by atoms with Gasteiger partial charge in [0.2, 0.25) is 0 Å². The number of rotatable bonds is 2. The molecule has 1 aliphatic heterocycles. The summed E-state index contributed by atoms with van der Waals surface area (Å²) in [5.74, 6) is 1.56. The Labute approximate surface area is 152 Å². The van der Waals surface area contributed by atoms with E-state index in [2.05, 4.69) is 23.5 Å². The second kappa shape index (κ2) is 5.50. The van der Waals surface area contributed by atoms with Gasteiger partial charge in [0.25, 0.3) is 0 Å². The summed E-state index contributed by atoms with van der Waals surface area (Å²) in [5, 5.41) is 14.0. The average molecular weight is 354 g/mol. The first-order chi connectivity index (χ1) is 12.1. The number of nitrogens with one attached hydrogen (secondary N) is 1. The quantitative estimate of drug-likeness (QED) is 0.766. The zero-order chi connectivity index (χ0) is 17.1. The van der Waals surface area contributed by atoms with E-state index in [0.29, 0.717) is 23.3 Å². The minimum absolute atomic E-state index is 0.158. The van der Waals surface area contributed by atoms with Crippen molar-refractivity contribution >= 4 is 23.3 Å². The summed E-state index contributed by atoms with van der Waals surface area (Å²) in [7, 11) is 0. The van der Waals surface area contributed by atoms with Crippen molar-refractivity contribution in [3.8, 4) is 0 Å². The molecule has 2 aromatic rings. The molecule has 25 heavy (non-hydrogen) atoms. The van der Waals surface area contributed by atoms with E-state index in [9.17, 15) is 9.90 Å². The van der Waals surface area contributed by atoms with Gasteiger partial charge < -0.3 is 10.4 Å². The Bertz CT molecular complexity index is 847. The van der Waals surface area contributed by atoms with Gasteiger partial charge in [0, 0.05) is 5.02 Å². The smallest absolute Gasteiger partial charge is 0.337 e. The number of benzene rings is 2. The molecule has 3 nitrogen and oxygen atoms in total. The summed E-state index contributed by atoms with van der Waals surface area (Å²) < 4.78 is 0. The number of para-hydroxylation sites is 1. The van der Waals surface area contributed by atoms with Crippen LogP contribution in [0.1, 0.15) is 52.7 Å². The largest absolute Gasteiger partial charge is 0.478 e. The number of carboxylic acid groups (broad SMARTS) is 1. The Morgan fingerprint density at radius 1 is 1.08 bits per heavy atom. The van der Waals surface area contributed by atoms with E-state index in [4.69, 9.17) is 11.6 Å². The molecule has 0 saturated heterocycles. The molecular formula is C21H20ClNO2.